The largest absolute Gasteiger partial charge is 0.480 e. The minimum absolute atomic E-state index is 0.0866. The first kappa shape index (κ1) is 27.2. The number of nitrogens with two attached hydrogens (primary N) is 2. The summed E-state index contributed by atoms with van der Waals surface area (Å²) in [6, 6.07) is 5.17. The van der Waals surface area contributed by atoms with Crippen molar-refractivity contribution >= 4 is 52.1 Å². The standard InChI is InChI=1S/C19H26ClN5O6S/c20-7-15(26)23-5-6-24-17(27)12-3-1-11(2-4-12)16(13(8-21)9-22)32-10-14(18(28)29)25-19(30)31/h1-4,14,25H,5-10,21-22H2,(H,23,26)(H,24,27)(H,28,29)(H,30,31)/t14-/m1/s1. The average Bonchev–Trinajstić information content (AvgIpc) is 2.78. The van der Waals surface area contributed by atoms with E-state index in [1.54, 1.807) is 24.3 Å². The number of amides is 3. The number of carbonyl (C=O) groups excluding carboxylic acids is 2. The molecule has 0 bridgehead atoms. The van der Waals surface area contributed by atoms with Crippen LogP contribution in [-0.2, 0) is 9.59 Å². The number of nitrogens with one attached hydrogen (secondary N) is 3. The van der Waals surface area contributed by atoms with Crippen LogP contribution in [0.2, 0.25) is 0 Å². The zero-order valence-corrected chi connectivity index (χ0v) is 18.7. The summed E-state index contributed by atoms with van der Waals surface area (Å²) in [7, 11) is 0. The molecule has 1 aromatic carbocycles. The highest BCUT2D eigenvalue weighted by Crippen LogP contribution is 2.31. The number of thioether (sulfide) groups is 1. The van der Waals surface area contributed by atoms with Crippen molar-refractivity contribution in [3.63, 3.8) is 0 Å². The first-order valence-electron chi connectivity index (χ1n) is 9.41. The number of halogens is 1. The van der Waals surface area contributed by atoms with E-state index in [-0.39, 0.29) is 49.6 Å². The molecule has 0 fully saturated rings. The minimum Gasteiger partial charge on any atom is -0.480 e. The Kier molecular flexibility index (Phi) is 12.2. The molecule has 0 saturated heterocycles. The van der Waals surface area contributed by atoms with Gasteiger partial charge < -0.3 is 37.6 Å². The van der Waals surface area contributed by atoms with Crippen LogP contribution in [-0.4, -0.2) is 77.9 Å². The third kappa shape index (κ3) is 9.14. The molecular weight excluding hydrogens is 462 g/mol. The average molecular weight is 488 g/mol. The fourth-order valence-electron chi connectivity index (χ4n) is 2.45. The number of rotatable bonds is 13. The molecule has 0 spiro atoms. The molecule has 0 saturated carbocycles. The van der Waals surface area contributed by atoms with Gasteiger partial charge in [-0.15, -0.1) is 23.4 Å². The summed E-state index contributed by atoms with van der Waals surface area (Å²) < 4.78 is 0. The number of hydrogen-bond acceptors (Lipinski definition) is 7. The second-order valence-corrected chi connectivity index (χ2v) is 7.61. The predicted molar refractivity (Wildman–Crippen MR) is 123 cm³/mol. The van der Waals surface area contributed by atoms with E-state index in [1.165, 1.54) is 0 Å². The molecular formula is C19H26ClN5O6S. The second-order valence-electron chi connectivity index (χ2n) is 6.31. The van der Waals surface area contributed by atoms with Gasteiger partial charge in [-0.3, -0.25) is 9.59 Å². The summed E-state index contributed by atoms with van der Waals surface area (Å²) in [6.45, 7) is 0.713. The van der Waals surface area contributed by atoms with E-state index in [1.807, 2.05) is 5.32 Å². The first-order chi connectivity index (χ1) is 15.2. The van der Waals surface area contributed by atoms with Crippen molar-refractivity contribution in [2.24, 2.45) is 11.5 Å². The molecule has 32 heavy (non-hydrogen) atoms. The van der Waals surface area contributed by atoms with Crippen LogP contribution in [0.3, 0.4) is 0 Å². The maximum atomic E-state index is 12.2. The SMILES string of the molecule is NCC(CN)=C(SC[C@@H](NC(=O)O)C(=O)O)c1ccc(C(=O)NCCNC(=O)CCl)cc1. The molecule has 3 amide bonds. The summed E-state index contributed by atoms with van der Waals surface area (Å²) in [4.78, 5) is 46.0. The number of carbonyl (C=O) groups is 4. The van der Waals surface area contributed by atoms with Gasteiger partial charge in [0.2, 0.25) is 5.91 Å². The van der Waals surface area contributed by atoms with E-state index in [0.717, 1.165) is 11.8 Å². The van der Waals surface area contributed by atoms with Crippen LogP contribution < -0.4 is 27.4 Å². The van der Waals surface area contributed by atoms with E-state index in [4.69, 9.17) is 28.2 Å². The van der Waals surface area contributed by atoms with Gasteiger partial charge in [0.05, 0.1) is 0 Å². The highest BCUT2D eigenvalue weighted by atomic mass is 35.5. The van der Waals surface area contributed by atoms with Crippen molar-refractivity contribution in [2.45, 2.75) is 6.04 Å². The van der Waals surface area contributed by atoms with Crippen molar-refractivity contribution in [2.75, 3.05) is 37.8 Å². The number of aliphatic carboxylic acids is 1. The molecule has 13 heteroatoms. The molecule has 0 aliphatic carbocycles. The zero-order valence-electron chi connectivity index (χ0n) is 17.1. The molecule has 1 aromatic rings. The number of alkyl halides is 1. The lowest BCUT2D eigenvalue weighted by Crippen LogP contribution is -2.41. The molecule has 0 aliphatic rings. The van der Waals surface area contributed by atoms with Gasteiger partial charge in [0, 0.05) is 42.4 Å². The lowest BCUT2D eigenvalue weighted by molar-refractivity contribution is -0.138. The van der Waals surface area contributed by atoms with Crippen LogP contribution in [0.25, 0.3) is 4.91 Å². The third-order valence-electron chi connectivity index (χ3n) is 4.07. The Bertz CT molecular complexity index is 843. The van der Waals surface area contributed by atoms with Crippen molar-refractivity contribution < 1.29 is 29.4 Å². The van der Waals surface area contributed by atoms with Crippen LogP contribution in [0.1, 0.15) is 15.9 Å². The lowest BCUT2D eigenvalue weighted by atomic mass is 10.1. The fourth-order valence-corrected chi connectivity index (χ4v) is 3.78. The van der Waals surface area contributed by atoms with Crippen molar-refractivity contribution in [3.05, 3.63) is 41.0 Å². The lowest BCUT2D eigenvalue weighted by Gasteiger charge is -2.17. The summed E-state index contributed by atoms with van der Waals surface area (Å²) in [6.07, 6.45) is -1.45. The highest BCUT2D eigenvalue weighted by Gasteiger charge is 2.21. The Morgan fingerprint density at radius 2 is 1.53 bits per heavy atom. The van der Waals surface area contributed by atoms with Gasteiger partial charge in [0.25, 0.3) is 5.91 Å². The van der Waals surface area contributed by atoms with E-state index in [2.05, 4.69) is 10.6 Å². The van der Waals surface area contributed by atoms with Gasteiger partial charge in [0.15, 0.2) is 0 Å². The molecule has 11 nitrogen and oxygen atoms in total. The predicted octanol–water partition coefficient (Wildman–Crippen LogP) is -0.146. The molecule has 176 valence electrons. The van der Waals surface area contributed by atoms with Crippen LogP contribution in [0.5, 0.6) is 0 Å². The van der Waals surface area contributed by atoms with Crippen molar-refractivity contribution in [1.29, 1.82) is 0 Å². The van der Waals surface area contributed by atoms with Crippen molar-refractivity contribution in [1.82, 2.24) is 16.0 Å². The Morgan fingerprint density at radius 1 is 0.969 bits per heavy atom. The quantitative estimate of drug-likeness (QED) is 0.146. The molecule has 0 aliphatic heterocycles. The van der Waals surface area contributed by atoms with E-state index in [0.29, 0.717) is 21.6 Å². The van der Waals surface area contributed by atoms with E-state index in [9.17, 15) is 24.3 Å². The molecule has 0 unspecified atom stereocenters. The summed E-state index contributed by atoms with van der Waals surface area (Å²) in [5.41, 5.74) is 13.2. The summed E-state index contributed by atoms with van der Waals surface area (Å²) >= 11 is 6.48. The van der Waals surface area contributed by atoms with E-state index >= 15 is 0 Å². The Balaban J connectivity index is 2.90. The number of carboxylic acids is 1. The van der Waals surface area contributed by atoms with Crippen LogP contribution in [0.15, 0.2) is 29.8 Å². The number of hydrogen-bond donors (Lipinski definition) is 7. The van der Waals surface area contributed by atoms with Crippen molar-refractivity contribution in [3.8, 4) is 0 Å². The fraction of sp³-hybridized carbons (Fsp3) is 0.368. The van der Waals surface area contributed by atoms with Gasteiger partial charge in [-0.05, 0) is 23.3 Å². The second kappa shape index (κ2) is 14.3. The zero-order chi connectivity index (χ0) is 24.1. The van der Waals surface area contributed by atoms with Gasteiger partial charge in [-0.25, -0.2) is 9.59 Å². The number of benzene rings is 1. The van der Waals surface area contributed by atoms with Gasteiger partial charge >= 0.3 is 12.1 Å². The normalized spacial score (nSPS) is 11.2. The first-order valence-corrected chi connectivity index (χ1v) is 10.9. The van der Waals surface area contributed by atoms with Crippen LogP contribution >= 0.6 is 23.4 Å². The van der Waals surface area contributed by atoms with Gasteiger partial charge in [-0.1, -0.05) is 12.1 Å². The maximum Gasteiger partial charge on any atom is 0.405 e. The molecule has 1 atom stereocenters. The topological polar surface area (TPSA) is 197 Å². The monoisotopic (exact) mass is 487 g/mol. The number of carboxylic acid groups (broad SMARTS) is 2. The summed E-state index contributed by atoms with van der Waals surface area (Å²) in [5.74, 6) is -2.23. The molecule has 1 rings (SSSR count). The Hall–Kier alpha value is -2.80. The third-order valence-corrected chi connectivity index (χ3v) is 5.62. The Labute approximate surface area is 193 Å². The van der Waals surface area contributed by atoms with Gasteiger partial charge in [0.1, 0.15) is 11.9 Å². The van der Waals surface area contributed by atoms with Crippen LogP contribution in [0.4, 0.5) is 4.79 Å². The van der Waals surface area contributed by atoms with Gasteiger partial charge in [-0.2, -0.15) is 0 Å². The molecule has 0 heterocycles. The smallest absolute Gasteiger partial charge is 0.405 e. The minimum atomic E-state index is -1.45. The molecule has 9 N–H and O–H groups in total. The van der Waals surface area contributed by atoms with Crippen LogP contribution in [0, 0.1) is 0 Å². The Morgan fingerprint density at radius 3 is 2.03 bits per heavy atom. The highest BCUT2D eigenvalue weighted by molar-refractivity contribution is 8.08. The maximum absolute atomic E-state index is 12.2. The summed E-state index contributed by atoms with van der Waals surface area (Å²) in [5, 5.41) is 25.2. The molecule has 0 radical (unpaired) electrons. The van der Waals surface area contributed by atoms with E-state index < -0.39 is 18.1 Å². The molecule has 0 aromatic heterocycles.